The zero-order valence-corrected chi connectivity index (χ0v) is 14.0. The van der Waals surface area contributed by atoms with Crippen LogP contribution in [0, 0.1) is 5.92 Å². The number of urea groups is 1. The van der Waals surface area contributed by atoms with Crippen LogP contribution in [-0.4, -0.2) is 27.2 Å². The zero-order chi connectivity index (χ0) is 16.7. The van der Waals surface area contributed by atoms with Crippen molar-refractivity contribution < 1.29 is 13.2 Å². The summed E-state index contributed by atoms with van der Waals surface area (Å²) in [5, 5.41) is 5.63. The second-order valence-corrected chi connectivity index (χ2v) is 7.49. The standard InChI is InChI=1S/C16H23N3O3S/c1-23(21,22)19-15-10-6-5-9-14(15)12-18-16(20)17-11-13-7-3-2-4-8-13/h2-3,5-6,9-10,13,19H,4,7-8,11-12H2,1H3,(H2,17,18,20)/t13-/m1/s1. The van der Waals surface area contributed by atoms with Crippen LogP contribution in [0.2, 0.25) is 0 Å². The van der Waals surface area contributed by atoms with E-state index in [2.05, 4.69) is 27.5 Å². The molecule has 0 spiro atoms. The molecule has 0 aromatic heterocycles. The first kappa shape index (κ1) is 17.3. The van der Waals surface area contributed by atoms with Crippen molar-refractivity contribution in [2.24, 2.45) is 5.92 Å². The van der Waals surface area contributed by atoms with Crippen molar-refractivity contribution >= 4 is 21.7 Å². The lowest BCUT2D eigenvalue weighted by molar-refractivity contribution is 0.238. The minimum atomic E-state index is -3.35. The molecule has 126 valence electrons. The van der Waals surface area contributed by atoms with Crippen LogP contribution in [0.3, 0.4) is 0 Å². The molecule has 0 aliphatic heterocycles. The van der Waals surface area contributed by atoms with Crippen LogP contribution in [0.4, 0.5) is 10.5 Å². The van der Waals surface area contributed by atoms with Gasteiger partial charge in [0.1, 0.15) is 0 Å². The van der Waals surface area contributed by atoms with Gasteiger partial charge in [0.05, 0.1) is 11.9 Å². The minimum Gasteiger partial charge on any atom is -0.338 e. The predicted molar refractivity (Wildman–Crippen MR) is 91.6 cm³/mol. The third-order valence-electron chi connectivity index (χ3n) is 3.68. The van der Waals surface area contributed by atoms with Crippen LogP contribution in [0.25, 0.3) is 0 Å². The number of amides is 2. The summed E-state index contributed by atoms with van der Waals surface area (Å²) in [7, 11) is -3.35. The Hall–Kier alpha value is -2.02. The van der Waals surface area contributed by atoms with Gasteiger partial charge < -0.3 is 10.6 Å². The molecule has 23 heavy (non-hydrogen) atoms. The van der Waals surface area contributed by atoms with Gasteiger partial charge in [-0.15, -0.1) is 0 Å². The van der Waals surface area contributed by atoms with Gasteiger partial charge in [0.2, 0.25) is 10.0 Å². The summed E-state index contributed by atoms with van der Waals surface area (Å²) < 4.78 is 25.2. The van der Waals surface area contributed by atoms with E-state index >= 15 is 0 Å². The third-order valence-corrected chi connectivity index (χ3v) is 4.27. The Balaban J connectivity index is 1.83. The molecule has 1 atom stereocenters. The topological polar surface area (TPSA) is 87.3 Å². The number of hydrogen-bond acceptors (Lipinski definition) is 3. The molecule has 0 saturated carbocycles. The Morgan fingerprint density at radius 3 is 2.70 bits per heavy atom. The Labute approximate surface area is 137 Å². The number of carbonyl (C=O) groups excluding carboxylic acids is 1. The zero-order valence-electron chi connectivity index (χ0n) is 13.2. The van der Waals surface area contributed by atoms with Crippen LogP contribution < -0.4 is 15.4 Å². The van der Waals surface area contributed by atoms with E-state index in [0.29, 0.717) is 23.7 Å². The van der Waals surface area contributed by atoms with Gasteiger partial charge >= 0.3 is 6.03 Å². The summed E-state index contributed by atoms with van der Waals surface area (Å²) in [4.78, 5) is 11.9. The molecule has 1 aromatic rings. The van der Waals surface area contributed by atoms with Gasteiger partial charge in [-0.1, -0.05) is 30.4 Å². The molecule has 0 radical (unpaired) electrons. The lowest BCUT2D eigenvalue weighted by Gasteiger charge is -2.18. The Bertz CT molecular complexity index is 671. The summed E-state index contributed by atoms with van der Waals surface area (Å²) in [5.41, 5.74) is 1.20. The quantitative estimate of drug-likeness (QED) is 0.696. The van der Waals surface area contributed by atoms with Crippen molar-refractivity contribution in [3.05, 3.63) is 42.0 Å². The second kappa shape index (κ2) is 8.01. The molecule has 0 heterocycles. The highest BCUT2D eigenvalue weighted by Gasteiger charge is 2.12. The van der Waals surface area contributed by atoms with Gasteiger partial charge in [-0.2, -0.15) is 0 Å². The first-order valence-electron chi connectivity index (χ1n) is 7.66. The molecule has 0 fully saturated rings. The molecule has 3 N–H and O–H groups in total. The van der Waals surface area contributed by atoms with Gasteiger partial charge in [0, 0.05) is 13.1 Å². The maximum Gasteiger partial charge on any atom is 0.315 e. The third kappa shape index (κ3) is 6.32. The lowest BCUT2D eigenvalue weighted by Crippen LogP contribution is -2.38. The number of anilines is 1. The van der Waals surface area contributed by atoms with E-state index < -0.39 is 10.0 Å². The van der Waals surface area contributed by atoms with Crippen molar-refractivity contribution in [1.82, 2.24) is 10.6 Å². The van der Waals surface area contributed by atoms with Crippen LogP contribution >= 0.6 is 0 Å². The van der Waals surface area contributed by atoms with E-state index in [1.54, 1.807) is 24.3 Å². The first-order valence-corrected chi connectivity index (χ1v) is 9.55. The van der Waals surface area contributed by atoms with E-state index in [0.717, 1.165) is 25.5 Å². The van der Waals surface area contributed by atoms with E-state index in [1.807, 2.05) is 0 Å². The summed E-state index contributed by atoms with van der Waals surface area (Å²) in [6.07, 6.45) is 8.59. The number of benzene rings is 1. The monoisotopic (exact) mass is 337 g/mol. The number of nitrogens with one attached hydrogen (secondary N) is 3. The minimum absolute atomic E-state index is 0.242. The molecule has 1 aliphatic rings. The number of rotatable bonds is 6. The molecular weight excluding hydrogens is 314 g/mol. The van der Waals surface area contributed by atoms with Gasteiger partial charge in [0.25, 0.3) is 0 Å². The molecule has 0 bridgehead atoms. The van der Waals surface area contributed by atoms with Crippen molar-refractivity contribution in [1.29, 1.82) is 0 Å². The summed E-state index contributed by atoms with van der Waals surface area (Å²) in [6.45, 7) is 0.911. The number of allylic oxidation sites excluding steroid dienone is 2. The molecular formula is C16H23N3O3S. The smallest absolute Gasteiger partial charge is 0.315 e. The van der Waals surface area contributed by atoms with Crippen molar-refractivity contribution in [3.63, 3.8) is 0 Å². The molecule has 2 amide bonds. The molecule has 0 unspecified atom stereocenters. The SMILES string of the molecule is CS(=O)(=O)Nc1ccccc1CNC(=O)NC[C@@H]1CC=CCC1. The maximum absolute atomic E-state index is 11.9. The largest absolute Gasteiger partial charge is 0.338 e. The Morgan fingerprint density at radius 1 is 1.22 bits per heavy atom. The lowest BCUT2D eigenvalue weighted by atomic mass is 9.94. The average molecular weight is 337 g/mol. The van der Waals surface area contributed by atoms with Crippen molar-refractivity contribution in [3.8, 4) is 0 Å². The summed E-state index contributed by atoms with van der Waals surface area (Å²) >= 11 is 0. The highest BCUT2D eigenvalue weighted by molar-refractivity contribution is 7.92. The summed E-state index contributed by atoms with van der Waals surface area (Å²) in [5.74, 6) is 0.491. The van der Waals surface area contributed by atoms with Gasteiger partial charge in [-0.05, 0) is 36.8 Å². The highest BCUT2D eigenvalue weighted by atomic mass is 32.2. The fourth-order valence-corrected chi connectivity index (χ4v) is 3.09. The Kier molecular flexibility index (Phi) is 6.04. The van der Waals surface area contributed by atoms with Crippen molar-refractivity contribution in [2.75, 3.05) is 17.5 Å². The van der Waals surface area contributed by atoms with E-state index in [9.17, 15) is 13.2 Å². The number of sulfonamides is 1. The molecule has 1 aromatic carbocycles. The second-order valence-electron chi connectivity index (χ2n) is 5.75. The number of carbonyl (C=O) groups is 1. The fraction of sp³-hybridized carbons (Fsp3) is 0.438. The van der Waals surface area contributed by atoms with Gasteiger partial charge in [-0.3, -0.25) is 4.72 Å². The van der Waals surface area contributed by atoms with Crippen molar-refractivity contribution in [2.45, 2.75) is 25.8 Å². The normalized spacial score (nSPS) is 17.5. The van der Waals surface area contributed by atoms with E-state index in [1.165, 1.54) is 0 Å². The van der Waals surface area contributed by atoms with E-state index in [4.69, 9.17) is 0 Å². The molecule has 2 rings (SSSR count). The van der Waals surface area contributed by atoms with Gasteiger partial charge in [-0.25, -0.2) is 13.2 Å². The van der Waals surface area contributed by atoms with E-state index in [-0.39, 0.29) is 12.6 Å². The molecule has 6 nitrogen and oxygen atoms in total. The number of para-hydroxylation sites is 1. The van der Waals surface area contributed by atoms with Crippen LogP contribution in [-0.2, 0) is 16.6 Å². The van der Waals surface area contributed by atoms with Crippen LogP contribution in [0.1, 0.15) is 24.8 Å². The maximum atomic E-state index is 11.9. The highest BCUT2D eigenvalue weighted by Crippen LogP contribution is 2.17. The first-order chi connectivity index (χ1) is 10.9. The van der Waals surface area contributed by atoms with Crippen LogP contribution in [0.15, 0.2) is 36.4 Å². The molecule has 0 saturated heterocycles. The van der Waals surface area contributed by atoms with Gasteiger partial charge in [0.15, 0.2) is 0 Å². The summed E-state index contributed by atoms with van der Waals surface area (Å²) in [6, 6.07) is 6.75. The Morgan fingerprint density at radius 2 is 2.00 bits per heavy atom. The predicted octanol–water partition coefficient (Wildman–Crippen LogP) is 2.21. The average Bonchev–Trinajstić information content (AvgIpc) is 2.51. The molecule has 1 aliphatic carbocycles. The number of hydrogen-bond donors (Lipinski definition) is 3. The fourth-order valence-electron chi connectivity index (χ4n) is 2.49. The molecule has 7 heteroatoms. The van der Waals surface area contributed by atoms with Crippen LogP contribution in [0.5, 0.6) is 0 Å².